The zero-order valence-corrected chi connectivity index (χ0v) is 13.0. The van der Waals surface area contributed by atoms with Crippen LogP contribution >= 0.6 is 0 Å². The summed E-state index contributed by atoms with van der Waals surface area (Å²) in [6.07, 6.45) is 1.46. The lowest BCUT2D eigenvalue weighted by Crippen LogP contribution is -2.32. The van der Waals surface area contributed by atoms with Crippen molar-refractivity contribution in [1.82, 2.24) is 14.8 Å². The number of aryl methyl sites for hydroxylation is 1. The van der Waals surface area contributed by atoms with E-state index in [4.69, 9.17) is 0 Å². The molecule has 0 spiro atoms. The van der Waals surface area contributed by atoms with E-state index in [2.05, 4.69) is 20.2 Å². The number of hydrogen-bond donors (Lipinski definition) is 1. The van der Waals surface area contributed by atoms with E-state index in [1.165, 1.54) is 6.33 Å². The second-order valence-corrected chi connectivity index (χ2v) is 5.63. The van der Waals surface area contributed by atoms with Crippen molar-refractivity contribution in [3.63, 3.8) is 0 Å². The van der Waals surface area contributed by atoms with Gasteiger partial charge in [-0.25, -0.2) is 9.67 Å². The quantitative estimate of drug-likeness (QED) is 0.583. The van der Waals surface area contributed by atoms with Crippen molar-refractivity contribution < 1.29 is 5.21 Å². The topological polar surface area (TPSA) is 75.7 Å². The molecule has 0 saturated carbocycles. The van der Waals surface area contributed by atoms with Gasteiger partial charge in [0.1, 0.15) is 23.8 Å². The zero-order chi connectivity index (χ0) is 16.5. The molecule has 1 aliphatic heterocycles. The van der Waals surface area contributed by atoms with Gasteiger partial charge in [0.05, 0.1) is 0 Å². The third-order valence-corrected chi connectivity index (χ3v) is 4.06. The van der Waals surface area contributed by atoms with Crippen molar-refractivity contribution in [3.8, 4) is 0 Å². The van der Waals surface area contributed by atoms with Crippen LogP contribution in [0.5, 0.6) is 0 Å². The monoisotopic (exact) mass is 317 g/mol. The van der Waals surface area contributed by atoms with Crippen molar-refractivity contribution in [3.05, 3.63) is 77.6 Å². The third-order valence-electron chi connectivity index (χ3n) is 4.06. The van der Waals surface area contributed by atoms with Gasteiger partial charge >= 0.3 is 0 Å². The van der Waals surface area contributed by atoms with E-state index < -0.39 is 0 Å². The van der Waals surface area contributed by atoms with Gasteiger partial charge in [-0.15, -0.1) is 0 Å². The van der Waals surface area contributed by atoms with Crippen molar-refractivity contribution in [2.24, 2.45) is 10.1 Å². The van der Waals surface area contributed by atoms with Gasteiger partial charge < -0.3 is 5.21 Å². The predicted octanol–water partition coefficient (Wildman–Crippen LogP) is 3.14. The maximum absolute atomic E-state index is 9.72. The van der Waals surface area contributed by atoms with Crippen molar-refractivity contribution in [2.45, 2.75) is 13.0 Å². The van der Waals surface area contributed by atoms with Crippen LogP contribution in [0.4, 0.5) is 5.95 Å². The average molecular weight is 317 g/mol. The van der Waals surface area contributed by atoms with E-state index in [1.54, 1.807) is 4.68 Å². The van der Waals surface area contributed by atoms with Crippen LogP contribution in [0.3, 0.4) is 0 Å². The number of benzene rings is 2. The number of aliphatic imine (C=N–C) groups is 1. The fourth-order valence-corrected chi connectivity index (χ4v) is 2.87. The molecule has 2 aromatic carbocycles. The van der Waals surface area contributed by atoms with Crippen LogP contribution in [0.1, 0.15) is 22.7 Å². The number of rotatable bonds is 2. The van der Waals surface area contributed by atoms with Crippen LogP contribution in [0, 0.1) is 6.92 Å². The summed E-state index contributed by atoms with van der Waals surface area (Å²) in [7, 11) is 0. The molecule has 1 unspecified atom stereocenters. The molecule has 1 aliphatic rings. The molecule has 3 aromatic rings. The minimum absolute atomic E-state index is 0.373. The van der Waals surface area contributed by atoms with Gasteiger partial charge in [0.25, 0.3) is 0 Å². The highest BCUT2D eigenvalue weighted by Gasteiger charge is 2.33. The number of nitrogens with zero attached hydrogens (tertiary/aromatic N) is 5. The Hall–Kier alpha value is -3.28. The summed E-state index contributed by atoms with van der Waals surface area (Å²) >= 11 is 0. The van der Waals surface area contributed by atoms with E-state index in [9.17, 15) is 5.21 Å². The standard InChI is InChI=1S/C18H15N5O/c1-12-7-9-13(10-8-12)15-16(22-24)17(14-5-3-2-4-6-14)23-18(21-15)19-11-20-23/h2-11,17,24H,1H3. The summed E-state index contributed by atoms with van der Waals surface area (Å²) < 4.78 is 1.67. The predicted molar refractivity (Wildman–Crippen MR) is 91.2 cm³/mol. The van der Waals surface area contributed by atoms with Crippen LogP contribution < -0.4 is 0 Å². The Kier molecular flexibility index (Phi) is 3.42. The van der Waals surface area contributed by atoms with Crippen LogP contribution in [0.15, 0.2) is 71.1 Å². The van der Waals surface area contributed by atoms with E-state index in [0.717, 1.165) is 16.7 Å². The van der Waals surface area contributed by atoms with Crippen LogP contribution in [-0.2, 0) is 0 Å². The van der Waals surface area contributed by atoms with Crippen molar-refractivity contribution in [1.29, 1.82) is 0 Å². The molecule has 6 heteroatoms. The van der Waals surface area contributed by atoms with Crippen molar-refractivity contribution in [2.75, 3.05) is 0 Å². The van der Waals surface area contributed by atoms with Crippen LogP contribution in [0.25, 0.3) is 0 Å². The first-order valence-electron chi connectivity index (χ1n) is 7.60. The Morgan fingerprint density at radius 3 is 2.50 bits per heavy atom. The fraction of sp³-hybridized carbons (Fsp3) is 0.111. The number of aromatic nitrogens is 3. The van der Waals surface area contributed by atoms with Gasteiger partial charge in [-0.2, -0.15) is 10.1 Å². The zero-order valence-electron chi connectivity index (χ0n) is 13.0. The lowest BCUT2D eigenvalue weighted by Gasteiger charge is -2.24. The van der Waals surface area contributed by atoms with Crippen LogP contribution in [0.2, 0.25) is 0 Å². The number of hydrogen-bond acceptors (Lipinski definition) is 5. The summed E-state index contributed by atoms with van der Waals surface area (Å²) in [5.74, 6) is 0.492. The second-order valence-electron chi connectivity index (χ2n) is 5.63. The molecular formula is C18H15N5O. The highest BCUT2D eigenvalue weighted by atomic mass is 16.4. The summed E-state index contributed by atoms with van der Waals surface area (Å²) in [6, 6.07) is 17.3. The molecule has 0 amide bonds. The van der Waals surface area contributed by atoms with Crippen molar-refractivity contribution >= 4 is 17.4 Å². The molecule has 0 saturated heterocycles. The van der Waals surface area contributed by atoms with E-state index in [1.807, 2.05) is 61.5 Å². The summed E-state index contributed by atoms with van der Waals surface area (Å²) in [5, 5.41) is 17.5. The molecule has 0 fully saturated rings. The first kappa shape index (κ1) is 14.3. The van der Waals surface area contributed by atoms with Gasteiger partial charge in [0.2, 0.25) is 5.95 Å². The minimum Gasteiger partial charge on any atom is -0.411 e. The van der Waals surface area contributed by atoms with Gasteiger partial charge in [-0.05, 0) is 12.5 Å². The summed E-state index contributed by atoms with van der Waals surface area (Å²) in [4.78, 5) is 8.77. The molecule has 118 valence electrons. The minimum atomic E-state index is -0.373. The molecular weight excluding hydrogens is 302 g/mol. The number of oxime groups is 1. The normalized spacial score (nSPS) is 18.3. The fourth-order valence-electron chi connectivity index (χ4n) is 2.87. The van der Waals surface area contributed by atoms with Crippen LogP contribution in [-0.4, -0.2) is 31.4 Å². The maximum atomic E-state index is 9.72. The SMILES string of the molecule is Cc1ccc(C2=Nc3ncnn3C(c3ccccc3)C2=NO)cc1. The Balaban J connectivity index is 1.91. The van der Waals surface area contributed by atoms with E-state index >= 15 is 0 Å². The Labute approximate surface area is 138 Å². The highest BCUT2D eigenvalue weighted by Crippen LogP contribution is 2.30. The second kappa shape index (κ2) is 5.73. The first-order valence-corrected chi connectivity index (χ1v) is 7.60. The summed E-state index contributed by atoms with van der Waals surface area (Å²) in [6.45, 7) is 2.02. The maximum Gasteiger partial charge on any atom is 0.249 e. The Morgan fingerprint density at radius 2 is 1.79 bits per heavy atom. The molecule has 1 N–H and O–H groups in total. The molecule has 0 aliphatic carbocycles. The lowest BCUT2D eigenvalue weighted by molar-refractivity contribution is 0.316. The van der Waals surface area contributed by atoms with Gasteiger partial charge in [0, 0.05) is 5.56 Å². The molecule has 1 atom stereocenters. The molecule has 0 radical (unpaired) electrons. The average Bonchev–Trinajstić information content (AvgIpc) is 3.09. The smallest absolute Gasteiger partial charge is 0.249 e. The lowest BCUT2D eigenvalue weighted by atomic mass is 9.93. The molecule has 24 heavy (non-hydrogen) atoms. The molecule has 1 aromatic heterocycles. The largest absolute Gasteiger partial charge is 0.411 e. The first-order chi connectivity index (χ1) is 11.8. The molecule has 2 heterocycles. The van der Waals surface area contributed by atoms with E-state index in [-0.39, 0.29) is 6.04 Å². The number of fused-ring (bicyclic) bond motifs is 1. The van der Waals surface area contributed by atoms with E-state index in [0.29, 0.717) is 17.4 Å². The Bertz CT molecular complexity index is 926. The third kappa shape index (κ3) is 2.28. The van der Waals surface area contributed by atoms with Gasteiger partial charge in [-0.3, -0.25) is 0 Å². The summed E-state index contributed by atoms with van der Waals surface area (Å²) in [5.41, 5.74) is 4.04. The molecule has 4 rings (SSSR count). The highest BCUT2D eigenvalue weighted by molar-refractivity contribution is 6.50. The Morgan fingerprint density at radius 1 is 1.04 bits per heavy atom. The van der Waals surface area contributed by atoms with Gasteiger partial charge in [0.15, 0.2) is 0 Å². The van der Waals surface area contributed by atoms with Gasteiger partial charge in [-0.1, -0.05) is 65.3 Å². The molecule has 0 bridgehead atoms. The molecule has 6 nitrogen and oxygen atoms in total.